The molecule has 3 aromatic rings. The number of benzene rings is 3. The zero-order valence-corrected chi connectivity index (χ0v) is 12.0. The highest BCUT2D eigenvalue weighted by molar-refractivity contribution is 6.01. The van der Waals surface area contributed by atoms with Gasteiger partial charge in [-0.25, -0.2) is 0 Å². The lowest BCUT2D eigenvalue weighted by atomic mass is 9.90. The lowest BCUT2D eigenvalue weighted by Crippen LogP contribution is -2.14. The van der Waals surface area contributed by atoms with E-state index in [1.54, 1.807) is 6.07 Å². The van der Waals surface area contributed by atoms with Crippen LogP contribution in [-0.4, -0.2) is 5.91 Å². The van der Waals surface area contributed by atoms with E-state index < -0.39 is 0 Å². The van der Waals surface area contributed by atoms with Crippen LogP contribution in [0.15, 0.2) is 60.7 Å². The van der Waals surface area contributed by atoms with Crippen molar-refractivity contribution >= 4 is 16.7 Å². The molecule has 3 aromatic carbocycles. The van der Waals surface area contributed by atoms with Crippen molar-refractivity contribution in [3.63, 3.8) is 0 Å². The molecule has 0 saturated carbocycles. The molecular weight excluding hydrogens is 258 g/mol. The lowest BCUT2D eigenvalue weighted by molar-refractivity contribution is 0.0999. The molecule has 0 radical (unpaired) electrons. The van der Waals surface area contributed by atoms with Crippen LogP contribution in [-0.2, 0) is 6.42 Å². The molecule has 1 amide bonds. The highest BCUT2D eigenvalue weighted by atomic mass is 16.1. The molecule has 2 heteroatoms. The van der Waals surface area contributed by atoms with Gasteiger partial charge in [0.1, 0.15) is 0 Å². The Morgan fingerprint density at radius 1 is 0.905 bits per heavy atom. The molecule has 0 fully saturated rings. The maximum Gasteiger partial charge on any atom is 0.248 e. The number of hydrogen-bond acceptors (Lipinski definition) is 1. The molecule has 104 valence electrons. The third-order valence-electron chi connectivity index (χ3n) is 3.87. The summed E-state index contributed by atoms with van der Waals surface area (Å²) in [6, 6.07) is 20.3. The predicted octanol–water partition coefficient (Wildman–Crippen LogP) is 4.17. The summed E-state index contributed by atoms with van der Waals surface area (Å²) in [7, 11) is 0. The summed E-state index contributed by atoms with van der Waals surface area (Å²) in [4.78, 5) is 11.7. The second-order valence-electron chi connectivity index (χ2n) is 5.08. The highest BCUT2D eigenvalue weighted by Crippen LogP contribution is 2.32. The molecule has 0 aliphatic rings. The SMILES string of the molecule is CCc1c(C(N)=O)cccc1-c1cccc2ccccc12. The molecule has 0 bridgehead atoms. The van der Waals surface area contributed by atoms with Crippen molar-refractivity contribution in [1.29, 1.82) is 0 Å². The first-order valence-electron chi connectivity index (χ1n) is 7.12. The Bertz CT molecular complexity index is 815. The number of carbonyl (C=O) groups is 1. The van der Waals surface area contributed by atoms with Crippen LogP contribution in [0, 0.1) is 0 Å². The minimum atomic E-state index is -0.367. The van der Waals surface area contributed by atoms with Crippen molar-refractivity contribution < 1.29 is 4.79 Å². The Morgan fingerprint density at radius 2 is 1.57 bits per heavy atom. The van der Waals surface area contributed by atoms with Crippen molar-refractivity contribution in [2.45, 2.75) is 13.3 Å². The first kappa shape index (κ1) is 13.4. The molecular formula is C19H17NO. The van der Waals surface area contributed by atoms with Gasteiger partial charge in [-0.15, -0.1) is 0 Å². The molecule has 0 atom stereocenters. The largest absolute Gasteiger partial charge is 0.366 e. The minimum absolute atomic E-state index is 0.367. The Balaban J connectivity index is 2.33. The van der Waals surface area contributed by atoms with Gasteiger partial charge in [-0.3, -0.25) is 4.79 Å². The lowest BCUT2D eigenvalue weighted by Gasteiger charge is -2.14. The maximum absolute atomic E-state index is 11.7. The van der Waals surface area contributed by atoms with Gasteiger partial charge in [-0.2, -0.15) is 0 Å². The predicted molar refractivity (Wildman–Crippen MR) is 87.3 cm³/mol. The fourth-order valence-corrected chi connectivity index (χ4v) is 2.91. The van der Waals surface area contributed by atoms with Gasteiger partial charge >= 0.3 is 0 Å². The van der Waals surface area contributed by atoms with Crippen molar-refractivity contribution in [2.75, 3.05) is 0 Å². The van der Waals surface area contributed by atoms with Crippen LogP contribution in [0.5, 0.6) is 0 Å². The average molecular weight is 275 g/mol. The second kappa shape index (κ2) is 5.41. The average Bonchev–Trinajstić information content (AvgIpc) is 2.53. The molecule has 0 aliphatic heterocycles. The van der Waals surface area contributed by atoms with E-state index in [1.165, 1.54) is 10.8 Å². The Hall–Kier alpha value is -2.61. The summed E-state index contributed by atoms with van der Waals surface area (Å²) >= 11 is 0. The molecule has 0 saturated heterocycles. The normalized spacial score (nSPS) is 10.7. The van der Waals surface area contributed by atoms with Crippen LogP contribution < -0.4 is 5.73 Å². The van der Waals surface area contributed by atoms with Gasteiger partial charge in [-0.05, 0) is 39.9 Å². The van der Waals surface area contributed by atoms with E-state index in [-0.39, 0.29) is 5.91 Å². The van der Waals surface area contributed by atoms with Gasteiger partial charge in [0.25, 0.3) is 0 Å². The van der Waals surface area contributed by atoms with Gasteiger partial charge in [0.05, 0.1) is 0 Å². The molecule has 0 heterocycles. The molecule has 3 rings (SSSR count). The molecule has 2 nitrogen and oxygen atoms in total. The van der Waals surface area contributed by atoms with Gasteiger partial charge in [-0.1, -0.05) is 61.5 Å². The van der Waals surface area contributed by atoms with Crippen LogP contribution in [0.2, 0.25) is 0 Å². The number of nitrogens with two attached hydrogens (primary N) is 1. The van der Waals surface area contributed by atoms with Gasteiger partial charge in [0, 0.05) is 5.56 Å². The second-order valence-corrected chi connectivity index (χ2v) is 5.08. The van der Waals surface area contributed by atoms with Crippen LogP contribution in [0.1, 0.15) is 22.8 Å². The van der Waals surface area contributed by atoms with E-state index >= 15 is 0 Å². The van der Waals surface area contributed by atoms with Crippen LogP contribution in [0.4, 0.5) is 0 Å². The van der Waals surface area contributed by atoms with E-state index in [2.05, 4.69) is 37.3 Å². The summed E-state index contributed by atoms with van der Waals surface area (Å²) in [6.07, 6.45) is 0.775. The van der Waals surface area contributed by atoms with Gasteiger partial charge in [0.2, 0.25) is 5.91 Å². The first-order valence-corrected chi connectivity index (χ1v) is 7.12. The van der Waals surface area contributed by atoms with Crippen molar-refractivity contribution in [3.8, 4) is 11.1 Å². The van der Waals surface area contributed by atoms with Crippen LogP contribution in [0.3, 0.4) is 0 Å². The molecule has 0 unspecified atom stereocenters. The fourth-order valence-electron chi connectivity index (χ4n) is 2.91. The summed E-state index contributed by atoms with van der Waals surface area (Å²) in [5.74, 6) is -0.367. The summed E-state index contributed by atoms with van der Waals surface area (Å²) in [5.41, 5.74) is 9.37. The van der Waals surface area contributed by atoms with E-state index in [0.29, 0.717) is 5.56 Å². The summed E-state index contributed by atoms with van der Waals surface area (Å²) < 4.78 is 0. The van der Waals surface area contributed by atoms with Crippen molar-refractivity contribution in [1.82, 2.24) is 0 Å². The number of primary amides is 1. The zero-order chi connectivity index (χ0) is 14.8. The van der Waals surface area contributed by atoms with Gasteiger partial charge < -0.3 is 5.73 Å². The Morgan fingerprint density at radius 3 is 2.33 bits per heavy atom. The number of fused-ring (bicyclic) bond motifs is 1. The van der Waals surface area contributed by atoms with Crippen molar-refractivity contribution in [2.24, 2.45) is 5.73 Å². The smallest absolute Gasteiger partial charge is 0.248 e. The topological polar surface area (TPSA) is 43.1 Å². The minimum Gasteiger partial charge on any atom is -0.366 e. The Kier molecular flexibility index (Phi) is 3.44. The van der Waals surface area contributed by atoms with E-state index in [1.807, 2.05) is 24.3 Å². The summed E-state index contributed by atoms with van der Waals surface area (Å²) in [5, 5.41) is 2.39. The monoisotopic (exact) mass is 275 g/mol. The third-order valence-corrected chi connectivity index (χ3v) is 3.87. The van der Waals surface area contributed by atoms with Gasteiger partial charge in [0.15, 0.2) is 0 Å². The number of amides is 1. The standard InChI is InChI=1S/C19H17NO/c1-2-14-16(11-6-12-18(14)19(20)21)17-10-5-8-13-7-3-4-9-15(13)17/h3-12H,2H2,1H3,(H2,20,21). The molecule has 0 aromatic heterocycles. The summed E-state index contributed by atoms with van der Waals surface area (Å²) in [6.45, 7) is 2.05. The first-order chi connectivity index (χ1) is 10.2. The fraction of sp³-hybridized carbons (Fsp3) is 0.105. The van der Waals surface area contributed by atoms with E-state index in [0.717, 1.165) is 23.1 Å². The van der Waals surface area contributed by atoms with E-state index in [4.69, 9.17) is 5.73 Å². The highest BCUT2D eigenvalue weighted by Gasteiger charge is 2.13. The number of rotatable bonds is 3. The molecule has 2 N–H and O–H groups in total. The quantitative estimate of drug-likeness (QED) is 0.766. The zero-order valence-electron chi connectivity index (χ0n) is 12.0. The maximum atomic E-state index is 11.7. The molecule has 0 aliphatic carbocycles. The third kappa shape index (κ3) is 2.29. The van der Waals surface area contributed by atoms with Crippen LogP contribution in [0.25, 0.3) is 21.9 Å². The molecule has 0 spiro atoms. The number of hydrogen-bond donors (Lipinski definition) is 1. The van der Waals surface area contributed by atoms with Crippen LogP contribution >= 0.6 is 0 Å². The van der Waals surface area contributed by atoms with Crippen molar-refractivity contribution in [3.05, 3.63) is 71.8 Å². The van der Waals surface area contributed by atoms with E-state index in [9.17, 15) is 4.79 Å². The molecule has 21 heavy (non-hydrogen) atoms. The number of carbonyl (C=O) groups excluding carboxylic acids is 1. The Labute approximate surface area is 124 Å².